The van der Waals surface area contributed by atoms with E-state index in [-0.39, 0.29) is 0 Å². The number of para-hydroxylation sites is 1. The average molecular weight is 453 g/mol. The maximum atomic E-state index is 6.13. The minimum atomic E-state index is 0.678. The van der Waals surface area contributed by atoms with Crippen molar-refractivity contribution in [1.29, 1.82) is 0 Å². The van der Waals surface area contributed by atoms with E-state index < -0.39 is 0 Å². The van der Waals surface area contributed by atoms with E-state index >= 15 is 0 Å². The summed E-state index contributed by atoms with van der Waals surface area (Å²) in [5, 5.41) is 2.21. The van der Waals surface area contributed by atoms with Crippen LogP contribution in [0.15, 0.2) is 114 Å². The van der Waals surface area contributed by atoms with Crippen molar-refractivity contribution >= 4 is 27.5 Å². The van der Waals surface area contributed by atoms with Gasteiger partial charge in [-0.3, -0.25) is 0 Å². The molecular weight excluding hydrogens is 428 g/mol. The molecule has 3 heteroatoms. The number of nitrogens with zero attached hydrogens (tertiary/aromatic N) is 2. The highest BCUT2D eigenvalue weighted by atomic mass is 16.3. The molecule has 0 amide bonds. The van der Waals surface area contributed by atoms with Crippen LogP contribution in [0.25, 0.3) is 61.4 Å². The SMILES string of the molecule is C/C=C(\C)c1ccc(-c2cc(-c3ccccc3)nc(-c3ccc4c(c3)oc3ccccc34)n2)cc1. The van der Waals surface area contributed by atoms with Gasteiger partial charge in [-0.15, -0.1) is 0 Å². The molecule has 0 bridgehead atoms. The highest BCUT2D eigenvalue weighted by Crippen LogP contribution is 2.33. The summed E-state index contributed by atoms with van der Waals surface area (Å²) in [4.78, 5) is 9.94. The number of furan rings is 1. The number of hydrogen-bond donors (Lipinski definition) is 0. The number of aromatic nitrogens is 2. The molecule has 0 saturated carbocycles. The topological polar surface area (TPSA) is 38.9 Å². The summed E-state index contributed by atoms with van der Waals surface area (Å²) >= 11 is 0. The van der Waals surface area contributed by atoms with Gasteiger partial charge in [0.1, 0.15) is 11.2 Å². The molecule has 6 aromatic rings. The van der Waals surface area contributed by atoms with Gasteiger partial charge >= 0.3 is 0 Å². The fourth-order valence-corrected chi connectivity index (χ4v) is 4.42. The second kappa shape index (κ2) is 8.69. The van der Waals surface area contributed by atoms with Crippen LogP contribution in [0.5, 0.6) is 0 Å². The van der Waals surface area contributed by atoms with Crippen LogP contribution in [0.1, 0.15) is 19.4 Å². The molecule has 0 fully saturated rings. The summed E-state index contributed by atoms with van der Waals surface area (Å²) in [6, 6.07) is 35.2. The molecule has 0 radical (unpaired) electrons. The van der Waals surface area contributed by atoms with Gasteiger partial charge in [-0.2, -0.15) is 0 Å². The van der Waals surface area contributed by atoms with Gasteiger partial charge in [-0.1, -0.05) is 84.9 Å². The predicted octanol–water partition coefficient (Wildman–Crippen LogP) is 8.80. The molecule has 4 aromatic carbocycles. The smallest absolute Gasteiger partial charge is 0.160 e. The molecule has 2 aromatic heterocycles. The molecule has 0 aliphatic rings. The van der Waals surface area contributed by atoms with Crippen molar-refractivity contribution in [3.63, 3.8) is 0 Å². The number of allylic oxidation sites excluding steroid dienone is 2. The van der Waals surface area contributed by atoms with Crippen molar-refractivity contribution in [3.8, 4) is 33.9 Å². The highest BCUT2D eigenvalue weighted by molar-refractivity contribution is 6.05. The van der Waals surface area contributed by atoms with E-state index in [4.69, 9.17) is 14.4 Å². The van der Waals surface area contributed by atoms with Gasteiger partial charge in [0, 0.05) is 27.5 Å². The summed E-state index contributed by atoms with van der Waals surface area (Å²) in [5.41, 5.74) is 9.02. The molecule has 2 heterocycles. The quantitative estimate of drug-likeness (QED) is 0.268. The van der Waals surface area contributed by atoms with Gasteiger partial charge < -0.3 is 4.42 Å². The molecule has 0 unspecified atom stereocenters. The van der Waals surface area contributed by atoms with Gasteiger partial charge in [0.25, 0.3) is 0 Å². The molecule has 0 aliphatic heterocycles. The fourth-order valence-electron chi connectivity index (χ4n) is 4.42. The average Bonchev–Trinajstić information content (AvgIpc) is 3.31. The monoisotopic (exact) mass is 452 g/mol. The molecule has 6 rings (SSSR count). The Hall–Kier alpha value is -4.50. The Labute approximate surface area is 204 Å². The summed E-state index contributed by atoms with van der Waals surface area (Å²) in [6.45, 7) is 4.18. The van der Waals surface area contributed by atoms with E-state index in [1.165, 1.54) is 11.1 Å². The van der Waals surface area contributed by atoms with E-state index in [0.29, 0.717) is 5.82 Å². The van der Waals surface area contributed by atoms with Crippen LogP contribution in [0.2, 0.25) is 0 Å². The van der Waals surface area contributed by atoms with Crippen molar-refractivity contribution in [3.05, 3.63) is 115 Å². The van der Waals surface area contributed by atoms with Gasteiger partial charge in [-0.25, -0.2) is 9.97 Å². The van der Waals surface area contributed by atoms with Crippen LogP contribution >= 0.6 is 0 Å². The Morgan fingerprint density at radius 2 is 1.26 bits per heavy atom. The van der Waals surface area contributed by atoms with Crippen molar-refractivity contribution in [1.82, 2.24) is 9.97 Å². The predicted molar refractivity (Wildman–Crippen MR) is 145 cm³/mol. The maximum absolute atomic E-state index is 6.13. The Morgan fingerprint density at radius 3 is 2.00 bits per heavy atom. The van der Waals surface area contributed by atoms with Crippen LogP contribution in [0.4, 0.5) is 0 Å². The molecule has 0 N–H and O–H groups in total. The molecule has 3 nitrogen and oxygen atoms in total. The minimum absolute atomic E-state index is 0.678. The lowest BCUT2D eigenvalue weighted by Gasteiger charge is -2.10. The Bertz CT molecular complexity index is 1690. The van der Waals surface area contributed by atoms with Gasteiger partial charge in [-0.05, 0) is 49.2 Å². The first kappa shape index (κ1) is 21.1. The van der Waals surface area contributed by atoms with Gasteiger partial charge in [0.2, 0.25) is 0 Å². The lowest BCUT2D eigenvalue weighted by molar-refractivity contribution is 0.669. The third-order valence-corrected chi connectivity index (χ3v) is 6.50. The zero-order valence-corrected chi connectivity index (χ0v) is 19.7. The first-order valence-electron chi connectivity index (χ1n) is 11.8. The van der Waals surface area contributed by atoms with Crippen LogP contribution < -0.4 is 0 Å². The van der Waals surface area contributed by atoms with Gasteiger partial charge in [0.15, 0.2) is 5.82 Å². The van der Waals surface area contributed by atoms with Crippen molar-refractivity contribution < 1.29 is 4.42 Å². The lowest BCUT2D eigenvalue weighted by atomic mass is 10.0. The van der Waals surface area contributed by atoms with E-state index in [1.807, 2.05) is 42.5 Å². The Kier molecular flexibility index (Phi) is 5.23. The van der Waals surface area contributed by atoms with Crippen LogP contribution in [0, 0.1) is 0 Å². The normalized spacial score (nSPS) is 11.9. The Balaban J connectivity index is 1.51. The standard InChI is InChI=1S/C32H24N2O/c1-3-21(2)22-13-15-24(16-14-22)29-20-28(23-9-5-4-6-10-23)33-32(34-29)25-17-18-27-26-11-7-8-12-30(26)35-31(27)19-25/h3-20H,1-2H3/b21-3+. The van der Waals surface area contributed by atoms with Crippen LogP contribution in [0.3, 0.4) is 0 Å². The molecule has 168 valence electrons. The zero-order valence-electron chi connectivity index (χ0n) is 19.7. The second-order valence-corrected chi connectivity index (χ2v) is 8.69. The molecule has 35 heavy (non-hydrogen) atoms. The van der Waals surface area contributed by atoms with E-state index in [9.17, 15) is 0 Å². The largest absolute Gasteiger partial charge is 0.456 e. The van der Waals surface area contributed by atoms with Crippen molar-refractivity contribution in [2.24, 2.45) is 0 Å². The Morgan fingerprint density at radius 1 is 0.629 bits per heavy atom. The number of fused-ring (bicyclic) bond motifs is 3. The van der Waals surface area contributed by atoms with E-state index in [2.05, 4.69) is 80.6 Å². The first-order chi connectivity index (χ1) is 17.2. The number of rotatable bonds is 4. The maximum Gasteiger partial charge on any atom is 0.160 e. The molecule has 0 aliphatic carbocycles. The number of benzene rings is 4. The summed E-state index contributed by atoms with van der Waals surface area (Å²) in [6.07, 6.45) is 2.12. The third-order valence-electron chi connectivity index (χ3n) is 6.50. The first-order valence-corrected chi connectivity index (χ1v) is 11.8. The van der Waals surface area contributed by atoms with E-state index in [1.54, 1.807) is 0 Å². The summed E-state index contributed by atoms with van der Waals surface area (Å²) in [7, 11) is 0. The third kappa shape index (κ3) is 3.91. The van der Waals surface area contributed by atoms with Crippen LogP contribution in [-0.4, -0.2) is 9.97 Å². The summed E-state index contributed by atoms with van der Waals surface area (Å²) in [5.74, 6) is 0.678. The minimum Gasteiger partial charge on any atom is -0.456 e. The highest BCUT2D eigenvalue weighted by Gasteiger charge is 2.13. The van der Waals surface area contributed by atoms with Crippen LogP contribution in [-0.2, 0) is 0 Å². The molecular formula is C32H24N2O. The molecule has 0 atom stereocenters. The van der Waals surface area contributed by atoms with Crippen molar-refractivity contribution in [2.75, 3.05) is 0 Å². The van der Waals surface area contributed by atoms with Crippen molar-refractivity contribution in [2.45, 2.75) is 13.8 Å². The molecule has 0 spiro atoms. The van der Waals surface area contributed by atoms with E-state index in [0.717, 1.165) is 50.0 Å². The summed E-state index contributed by atoms with van der Waals surface area (Å²) < 4.78 is 6.13. The fraction of sp³-hybridized carbons (Fsp3) is 0.0625. The zero-order chi connectivity index (χ0) is 23.8. The molecule has 0 saturated heterocycles. The lowest BCUT2D eigenvalue weighted by Crippen LogP contribution is -1.96. The number of hydrogen-bond acceptors (Lipinski definition) is 3. The second-order valence-electron chi connectivity index (χ2n) is 8.69. The van der Waals surface area contributed by atoms with Gasteiger partial charge in [0.05, 0.1) is 11.4 Å².